The van der Waals surface area contributed by atoms with Crippen LogP contribution in [0.3, 0.4) is 0 Å². The summed E-state index contributed by atoms with van der Waals surface area (Å²) < 4.78 is 11.5. The minimum Gasteiger partial charge on any atom is -0.471 e. The molecule has 3 aliphatic rings. The molecule has 42 heavy (non-hydrogen) atoms. The van der Waals surface area contributed by atoms with Gasteiger partial charge in [0.05, 0.1) is 12.7 Å². The molecule has 2 amide bonds. The maximum absolute atomic E-state index is 12.4. The van der Waals surface area contributed by atoms with Crippen LogP contribution in [-0.4, -0.2) is 114 Å². The molecule has 5 rings (SSSR count). The number of anilines is 3. The predicted molar refractivity (Wildman–Crippen MR) is 161 cm³/mol. The molecule has 12 nitrogen and oxygen atoms in total. The molecule has 1 aromatic carbocycles. The van der Waals surface area contributed by atoms with Crippen LogP contribution in [-0.2, 0) is 4.74 Å². The highest BCUT2D eigenvalue weighted by atomic mass is 16.6. The Morgan fingerprint density at radius 3 is 2.31 bits per heavy atom. The van der Waals surface area contributed by atoms with Gasteiger partial charge in [0, 0.05) is 69.7 Å². The topological polar surface area (TPSA) is 129 Å². The van der Waals surface area contributed by atoms with Gasteiger partial charge in [-0.1, -0.05) is 0 Å². The van der Waals surface area contributed by atoms with Crippen LogP contribution < -0.4 is 20.7 Å². The second kappa shape index (κ2) is 12.7. The van der Waals surface area contributed by atoms with Crippen molar-refractivity contribution in [1.29, 1.82) is 0 Å². The van der Waals surface area contributed by atoms with Gasteiger partial charge >= 0.3 is 6.09 Å². The molecule has 3 fully saturated rings. The van der Waals surface area contributed by atoms with E-state index >= 15 is 0 Å². The van der Waals surface area contributed by atoms with Crippen molar-refractivity contribution in [2.75, 3.05) is 69.6 Å². The molecule has 3 saturated heterocycles. The SMILES string of the molecule is CN1CCN(C2CCN(c3ccc(Nc4nc(O[C@@H]5CCN(C(=O)OC(C)(C)C)C5)cnc4C(N)=O)cc3)CC2)CC1. The summed E-state index contributed by atoms with van der Waals surface area (Å²) in [4.78, 5) is 42.3. The summed E-state index contributed by atoms with van der Waals surface area (Å²) in [5.41, 5.74) is 6.98. The van der Waals surface area contributed by atoms with E-state index in [1.807, 2.05) is 32.9 Å². The summed E-state index contributed by atoms with van der Waals surface area (Å²) >= 11 is 0. The van der Waals surface area contributed by atoms with E-state index in [0.29, 0.717) is 25.6 Å². The Labute approximate surface area is 248 Å². The van der Waals surface area contributed by atoms with E-state index in [-0.39, 0.29) is 29.6 Å². The summed E-state index contributed by atoms with van der Waals surface area (Å²) in [6.45, 7) is 13.1. The fraction of sp³-hybridized carbons (Fsp3) is 0.600. The number of piperidine rings is 1. The molecule has 0 bridgehead atoms. The fourth-order valence-corrected chi connectivity index (χ4v) is 5.75. The van der Waals surface area contributed by atoms with Gasteiger partial charge < -0.3 is 35.2 Å². The van der Waals surface area contributed by atoms with Crippen LogP contribution in [0, 0.1) is 0 Å². The molecular weight excluding hydrogens is 536 g/mol. The molecule has 0 radical (unpaired) electrons. The first-order chi connectivity index (χ1) is 20.0. The zero-order valence-corrected chi connectivity index (χ0v) is 25.2. The van der Waals surface area contributed by atoms with Crippen LogP contribution in [0.15, 0.2) is 30.5 Å². The lowest BCUT2D eigenvalue weighted by molar-refractivity contribution is 0.0274. The van der Waals surface area contributed by atoms with Crippen molar-refractivity contribution >= 4 is 29.2 Å². The Hall–Kier alpha value is -3.64. The lowest BCUT2D eigenvalue weighted by Gasteiger charge is -2.42. The van der Waals surface area contributed by atoms with Gasteiger partial charge in [0.1, 0.15) is 11.7 Å². The zero-order chi connectivity index (χ0) is 29.9. The summed E-state index contributed by atoms with van der Waals surface area (Å²) in [6, 6.07) is 8.77. The standard InChI is InChI=1S/C30H44N8O4/c1-30(2,3)42-29(40)38-14-11-24(20-38)41-25-19-32-26(27(31)39)28(34-25)33-21-5-7-22(8-6-21)36-12-9-23(10-13-36)37-17-15-35(4)16-18-37/h5-8,19,23-24H,9-18,20H2,1-4H3,(H2,31,39)(H,33,34)/t24-/m1/s1. The first kappa shape index (κ1) is 29.8. The van der Waals surface area contributed by atoms with Crippen molar-refractivity contribution in [3.63, 3.8) is 0 Å². The first-order valence-corrected chi connectivity index (χ1v) is 14.9. The molecule has 228 valence electrons. The Balaban J connectivity index is 1.18. The minimum absolute atomic E-state index is 0.0270. The van der Waals surface area contributed by atoms with Crippen molar-refractivity contribution in [3.8, 4) is 5.88 Å². The molecule has 1 atom stereocenters. The van der Waals surface area contributed by atoms with E-state index < -0.39 is 11.5 Å². The number of nitrogens with zero attached hydrogens (tertiary/aromatic N) is 6. The van der Waals surface area contributed by atoms with Gasteiger partial charge in [-0.3, -0.25) is 9.69 Å². The van der Waals surface area contributed by atoms with Gasteiger partial charge in [-0.25, -0.2) is 9.78 Å². The van der Waals surface area contributed by atoms with E-state index in [0.717, 1.165) is 45.0 Å². The quantitative estimate of drug-likeness (QED) is 0.504. The molecule has 12 heteroatoms. The van der Waals surface area contributed by atoms with Crippen molar-refractivity contribution in [1.82, 2.24) is 24.7 Å². The number of carbonyl (C=O) groups excluding carboxylic acids is 2. The number of aromatic nitrogens is 2. The number of nitrogens with two attached hydrogens (primary N) is 1. The van der Waals surface area contributed by atoms with Crippen molar-refractivity contribution < 1.29 is 19.1 Å². The number of hydrogen-bond acceptors (Lipinski definition) is 10. The number of likely N-dealkylation sites (N-methyl/N-ethyl adjacent to an activating group) is 1. The van der Waals surface area contributed by atoms with Gasteiger partial charge in [-0.05, 0) is 64.9 Å². The maximum Gasteiger partial charge on any atom is 0.410 e. The number of hydrogen-bond donors (Lipinski definition) is 2. The minimum atomic E-state index is -0.687. The molecule has 0 spiro atoms. The maximum atomic E-state index is 12.4. The summed E-state index contributed by atoms with van der Waals surface area (Å²) in [6.07, 6.45) is 3.73. The van der Waals surface area contributed by atoms with Crippen LogP contribution in [0.1, 0.15) is 50.5 Å². The van der Waals surface area contributed by atoms with Crippen LogP contribution in [0.25, 0.3) is 0 Å². The summed E-state index contributed by atoms with van der Waals surface area (Å²) in [5, 5.41) is 3.19. The number of ether oxygens (including phenoxy) is 2. The fourth-order valence-electron chi connectivity index (χ4n) is 5.75. The molecule has 3 aliphatic heterocycles. The van der Waals surface area contributed by atoms with E-state index in [1.54, 1.807) is 4.90 Å². The first-order valence-electron chi connectivity index (χ1n) is 14.9. The van der Waals surface area contributed by atoms with E-state index in [1.165, 1.54) is 24.7 Å². The number of nitrogens with one attached hydrogen (secondary N) is 1. The average Bonchev–Trinajstić information content (AvgIpc) is 3.42. The lowest BCUT2D eigenvalue weighted by atomic mass is 10.0. The largest absolute Gasteiger partial charge is 0.471 e. The number of primary amides is 1. The van der Waals surface area contributed by atoms with Crippen LogP contribution >= 0.6 is 0 Å². The predicted octanol–water partition coefficient (Wildman–Crippen LogP) is 2.92. The highest BCUT2D eigenvalue weighted by Crippen LogP contribution is 2.27. The van der Waals surface area contributed by atoms with Gasteiger partial charge in [0.25, 0.3) is 5.91 Å². The summed E-state index contributed by atoms with van der Waals surface area (Å²) in [5.74, 6) is -0.213. The number of piperazine rings is 1. The van der Waals surface area contributed by atoms with Crippen molar-refractivity contribution in [2.45, 2.75) is 57.8 Å². The Morgan fingerprint density at radius 2 is 1.67 bits per heavy atom. The number of likely N-dealkylation sites (tertiary alicyclic amines) is 1. The smallest absolute Gasteiger partial charge is 0.410 e. The number of carbonyl (C=O) groups is 2. The molecule has 4 heterocycles. The molecular formula is C30H44N8O4. The third kappa shape index (κ3) is 7.60. The molecule has 1 aromatic heterocycles. The van der Waals surface area contributed by atoms with Gasteiger partial charge in [-0.15, -0.1) is 0 Å². The van der Waals surface area contributed by atoms with Gasteiger partial charge in [-0.2, -0.15) is 4.98 Å². The average molecular weight is 581 g/mol. The van der Waals surface area contributed by atoms with Gasteiger partial charge in [0.15, 0.2) is 11.5 Å². The van der Waals surface area contributed by atoms with Crippen LogP contribution in [0.4, 0.5) is 22.0 Å². The van der Waals surface area contributed by atoms with Crippen LogP contribution in [0.2, 0.25) is 0 Å². The number of benzene rings is 1. The third-order valence-electron chi connectivity index (χ3n) is 8.08. The van der Waals surface area contributed by atoms with E-state index in [4.69, 9.17) is 15.2 Å². The number of rotatable bonds is 7. The molecule has 0 aliphatic carbocycles. The molecule has 0 unspecified atom stereocenters. The van der Waals surface area contributed by atoms with E-state index in [9.17, 15) is 9.59 Å². The highest BCUT2D eigenvalue weighted by Gasteiger charge is 2.31. The zero-order valence-electron chi connectivity index (χ0n) is 25.2. The monoisotopic (exact) mass is 580 g/mol. The number of amides is 2. The van der Waals surface area contributed by atoms with Gasteiger partial charge in [0.2, 0.25) is 5.88 Å². The second-order valence-electron chi connectivity index (χ2n) is 12.5. The Kier molecular flexibility index (Phi) is 9.02. The van der Waals surface area contributed by atoms with E-state index in [2.05, 4.69) is 49.2 Å². The molecule has 0 saturated carbocycles. The summed E-state index contributed by atoms with van der Waals surface area (Å²) in [7, 11) is 2.20. The Bertz CT molecular complexity index is 1230. The Morgan fingerprint density at radius 1 is 0.976 bits per heavy atom. The third-order valence-corrected chi connectivity index (χ3v) is 8.08. The second-order valence-corrected chi connectivity index (χ2v) is 12.5. The normalized spacial score (nSPS) is 20.9. The highest BCUT2D eigenvalue weighted by molar-refractivity contribution is 5.96. The lowest BCUT2D eigenvalue weighted by Crippen LogP contribution is -2.52. The van der Waals surface area contributed by atoms with Crippen LogP contribution in [0.5, 0.6) is 5.88 Å². The molecule has 3 N–H and O–H groups in total. The van der Waals surface area contributed by atoms with Crippen molar-refractivity contribution in [3.05, 3.63) is 36.2 Å². The molecule has 2 aromatic rings. The van der Waals surface area contributed by atoms with Crippen molar-refractivity contribution in [2.24, 2.45) is 5.73 Å².